The van der Waals surface area contributed by atoms with Gasteiger partial charge in [-0.05, 0) is 25.0 Å². The fourth-order valence-electron chi connectivity index (χ4n) is 2.66. The van der Waals surface area contributed by atoms with E-state index in [1.165, 1.54) is 14.0 Å². The topological polar surface area (TPSA) is 66.8 Å². The number of rotatable bonds is 4. The molecule has 1 N–H and O–H groups in total. The first-order valence-corrected chi connectivity index (χ1v) is 7.02. The van der Waals surface area contributed by atoms with Crippen LogP contribution in [0.1, 0.15) is 13.8 Å². The fourth-order valence-corrected chi connectivity index (χ4v) is 2.66. The maximum atomic E-state index is 12.6. The van der Waals surface area contributed by atoms with E-state index in [0.29, 0.717) is 10.8 Å². The number of hydroxylamine groups is 1. The summed E-state index contributed by atoms with van der Waals surface area (Å²) in [5, 5.41) is 10.8. The van der Waals surface area contributed by atoms with Gasteiger partial charge in [-0.25, -0.2) is 0 Å². The highest BCUT2D eigenvalue weighted by atomic mass is 16.5. The van der Waals surface area contributed by atoms with Crippen LogP contribution in [0.2, 0.25) is 0 Å². The molecule has 1 aromatic rings. The van der Waals surface area contributed by atoms with Crippen LogP contribution in [0, 0.1) is 11.8 Å². The van der Waals surface area contributed by atoms with Crippen LogP contribution in [0.4, 0.5) is 5.69 Å². The van der Waals surface area contributed by atoms with Crippen LogP contribution < -0.4 is 9.80 Å². The van der Waals surface area contributed by atoms with Gasteiger partial charge in [0.15, 0.2) is 0 Å². The van der Waals surface area contributed by atoms with Crippen molar-refractivity contribution in [2.45, 2.75) is 13.8 Å². The number of methoxy groups -OCH3 is 1. The van der Waals surface area contributed by atoms with Crippen LogP contribution in [-0.4, -0.2) is 24.0 Å². The molecule has 1 aliphatic carbocycles. The molecule has 1 aliphatic rings. The van der Waals surface area contributed by atoms with E-state index in [2.05, 4.69) is 0 Å². The second-order valence-corrected chi connectivity index (χ2v) is 5.24. The number of hydrogen-bond acceptors (Lipinski definition) is 4. The molecule has 5 heteroatoms. The first-order valence-electron chi connectivity index (χ1n) is 7.02. The highest BCUT2D eigenvalue weighted by molar-refractivity contribution is 6.08. The van der Waals surface area contributed by atoms with Crippen LogP contribution >= 0.6 is 0 Å². The number of para-hydroxylation sites is 2. The molecule has 0 saturated heterocycles. The zero-order valence-electron chi connectivity index (χ0n) is 12.8. The molecule has 1 amide bonds. The van der Waals surface area contributed by atoms with E-state index in [4.69, 9.17) is 4.74 Å². The highest BCUT2D eigenvalue weighted by Gasteiger charge is 2.33. The third-order valence-corrected chi connectivity index (χ3v) is 3.74. The molecule has 0 bridgehead atoms. The number of ketones is 1. The summed E-state index contributed by atoms with van der Waals surface area (Å²) >= 11 is 0. The van der Waals surface area contributed by atoms with E-state index in [1.807, 2.05) is 13.0 Å². The molecule has 0 saturated carbocycles. The summed E-state index contributed by atoms with van der Waals surface area (Å²) in [6, 6.07) is 6.65. The standard InChI is InChI=1S/C17H19NO4/c1-11-7-6-8-13(16(11)12(2)19)17(20)18(21)14-9-4-5-10-15(14)22-3/h4-11,16,21H,1-3H3. The average Bonchev–Trinajstić information content (AvgIpc) is 2.52. The Hall–Kier alpha value is -2.40. The zero-order valence-corrected chi connectivity index (χ0v) is 12.8. The zero-order chi connectivity index (χ0) is 16.3. The van der Waals surface area contributed by atoms with Crippen molar-refractivity contribution in [1.82, 2.24) is 0 Å². The first-order chi connectivity index (χ1) is 10.5. The van der Waals surface area contributed by atoms with Crippen molar-refractivity contribution in [3.8, 4) is 5.75 Å². The summed E-state index contributed by atoms with van der Waals surface area (Å²) in [5.74, 6) is -1.00. The van der Waals surface area contributed by atoms with Gasteiger partial charge in [0, 0.05) is 5.57 Å². The second-order valence-electron chi connectivity index (χ2n) is 5.24. The van der Waals surface area contributed by atoms with Gasteiger partial charge in [0.1, 0.15) is 17.2 Å². The number of amides is 1. The van der Waals surface area contributed by atoms with Crippen molar-refractivity contribution >= 4 is 17.4 Å². The van der Waals surface area contributed by atoms with Crippen molar-refractivity contribution in [2.75, 3.05) is 12.2 Å². The van der Waals surface area contributed by atoms with Crippen LogP contribution in [0.5, 0.6) is 5.75 Å². The molecule has 2 rings (SSSR count). The van der Waals surface area contributed by atoms with E-state index in [9.17, 15) is 14.8 Å². The lowest BCUT2D eigenvalue weighted by Crippen LogP contribution is -2.36. The molecule has 116 valence electrons. The molecular formula is C17H19NO4. The van der Waals surface area contributed by atoms with Crippen LogP contribution in [0.3, 0.4) is 0 Å². The maximum absolute atomic E-state index is 12.6. The van der Waals surface area contributed by atoms with Gasteiger partial charge in [-0.3, -0.25) is 14.8 Å². The predicted octanol–water partition coefficient (Wildman–Crippen LogP) is 2.75. The number of carbonyl (C=O) groups is 2. The van der Waals surface area contributed by atoms with Crippen LogP contribution in [-0.2, 0) is 9.59 Å². The lowest BCUT2D eigenvalue weighted by atomic mass is 9.80. The smallest absolute Gasteiger partial charge is 0.278 e. The summed E-state index contributed by atoms with van der Waals surface area (Å²) in [6.45, 7) is 3.32. The van der Waals surface area contributed by atoms with Crippen molar-refractivity contribution in [2.24, 2.45) is 11.8 Å². The van der Waals surface area contributed by atoms with E-state index in [0.717, 1.165) is 0 Å². The molecule has 0 aliphatic heterocycles. The molecule has 0 radical (unpaired) electrons. The molecule has 2 unspecified atom stereocenters. The van der Waals surface area contributed by atoms with Gasteiger partial charge in [0.05, 0.1) is 13.0 Å². The van der Waals surface area contributed by atoms with Crippen molar-refractivity contribution in [3.63, 3.8) is 0 Å². The van der Waals surface area contributed by atoms with Crippen LogP contribution in [0.25, 0.3) is 0 Å². The minimum atomic E-state index is -0.624. The Bertz CT molecular complexity index is 648. The number of allylic oxidation sites excluding steroid dienone is 3. The molecule has 0 aromatic heterocycles. The number of ether oxygens (including phenoxy) is 1. The third-order valence-electron chi connectivity index (χ3n) is 3.74. The fraction of sp³-hybridized carbons (Fsp3) is 0.294. The van der Waals surface area contributed by atoms with E-state index in [-0.39, 0.29) is 23.0 Å². The quantitative estimate of drug-likeness (QED) is 0.686. The lowest BCUT2D eigenvalue weighted by molar-refractivity contribution is -0.125. The lowest BCUT2D eigenvalue weighted by Gasteiger charge is -2.27. The van der Waals surface area contributed by atoms with Crippen molar-refractivity contribution in [3.05, 3.63) is 48.1 Å². The van der Waals surface area contributed by atoms with Gasteiger partial charge in [0.2, 0.25) is 0 Å². The Morgan fingerprint density at radius 1 is 1.27 bits per heavy atom. The number of Topliss-reactive ketones (excluding diaryl/α,β-unsaturated/α-hetero) is 1. The van der Waals surface area contributed by atoms with Crippen molar-refractivity contribution < 1.29 is 19.5 Å². The second kappa shape index (κ2) is 6.58. The maximum Gasteiger partial charge on any atom is 0.278 e. The Balaban J connectivity index is 2.36. The van der Waals surface area contributed by atoms with E-state index < -0.39 is 11.8 Å². The molecular weight excluding hydrogens is 282 g/mol. The summed E-state index contributed by atoms with van der Waals surface area (Å²) in [5.41, 5.74) is 0.510. The minimum Gasteiger partial charge on any atom is -0.494 e. The van der Waals surface area contributed by atoms with Crippen LogP contribution in [0.15, 0.2) is 48.1 Å². The van der Waals surface area contributed by atoms with Crippen molar-refractivity contribution in [1.29, 1.82) is 0 Å². The van der Waals surface area contributed by atoms with Gasteiger partial charge < -0.3 is 4.74 Å². The largest absolute Gasteiger partial charge is 0.494 e. The number of nitrogens with zero attached hydrogens (tertiary/aromatic N) is 1. The molecule has 1 aromatic carbocycles. The Morgan fingerprint density at radius 2 is 1.95 bits per heavy atom. The van der Waals surface area contributed by atoms with Gasteiger partial charge in [-0.15, -0.1) is 0 Å². The Morgan fingerprint density at radius 3 is 2.59 bits per heavy atom. The Labute approximate surface area is 129 Å². The number of anilines is 1. The van der Waals surface area contributed by atoms with Gasteiger partial charge in [-0.2, -0.15) is 5.06 Å². The monoisotopic (exact) mass is 301 g/mol. The molecule has 0 spiro atoms. The molecule has 0 fully saturated rings. The summed E-state index contributed by atoms with van der Waals surface area (Å²) in [7, 11) is 1.46. The highest BCUT2D eigenvalue weighted by Crippen LogP contribution is 2.32. The molecule has 2 atom stereocenters. The summed E-state index contributed by atoms with van der Waals surface area (Å²) in [6.07, 6.45) is 5.17. The first kappa shape index (κ1) is 16.0. The summed E-state index contributed by atoms with van der Waals surface area (Å²) in [4.78, 5) is 24.4. The number of carbonyl (C=O) groups excluding carboxylic acids is 2. The normalized spacial score (nSPS) is 20.3. The number of hydrogen-bond donors (Lipinski definition) is 1. The number of benzene rings is 1. The van der Waals surface area contributed by atoms with E-state index in [1.54, 1.807) is 36.4 Å². The summed E-state index contributed by atoms with van der Waals surface area (Å²) < 4.78 is 5.15. The molecule has 22 heavy (non-hydrogen) atoms. The molecule has 0 heterocycles. The van der Waals surface area contributed by atoms with E-state index >= 15 is 0 Å². The SMILES string of the molecule is COc1ccccc1N(O)C(=O)C1=CC=CC(C)C1C(C)=O. The average molecular weight is 301 g/mol. The molecule has 5 nitrogen and oxygen atoms in total. The third kappa shape index (κ3) is 2.94. The minimum absolute atomic E-state index is 0.0903. The van der Waals surface area contributed by atoms with Gasteiger partial charge >= 0.3 is 0 Å². The van der Waals surface area contributed by atoms with Gasteiger partial charge in [0.25, 0.3) is 5.91 Å². The predicted molar refractivity (Wildman–Crippen MR) is 82.8 cm³/mol. The van der Waals surface area contributed by atoms with Gasteiger partial charge in [-0.1, -0.05) is 37.3 Å². The Kier molecular flexibility index (Phi) is 4.78.